The minimum atomic E-state index is -1.78. The van der Waals surface area contributed by atoms with Gasteiger partial charge in [0, 0.05) is 11.5 Å². The number of benzene rings is 1. The second-order valence-corrected chi connectivity index (χ2v) is 10.5. The number of ketones is 1. The molecule has 0 unspecified atom stereocenters. The van der Waals surface area contributed by atoms with Crippen LogP contribution < -0.4 is 4.74 Å². The van der Waals surface area contributed by atoms with Crippen LogP contribution >= 0.6 is 0 Å². The molecule has 0 radical (unpaired) electrons. The van der Waals surface area contributed by atoms with Gasteiger partial charge in [0.1, 0.15) is 36.1 Å². The first-order valence-electron chi connectivity index (χ1n) is 13.0. The predicted molar refractivity (Wildman–Crippen MR) is 131 cm³/mol. The number of methoxy groups -OCH3 is 2. The molecular weight excluding hydrogens is 564 g/mol. The fourth-order valence-electron chi connectivity index (χ4n) is 6.19. The minimum Gasteiger partial charge on any atom is -0.504 e. The molecule has 226 valence electrons. The molecule has 4 heterocycles. The Kier molecular flexibility index (Phi) is 7.00. The molecule has 5 N–H and O–H groups in total. The zero-order valence-corrected chi connectivity index (χ0v) is 22.2. The Hall–Kier alpha value is -3.57. The van der Waals surface area contributed by atoms with Crippen LogP contribution in [-0.2, 0) is 38.0 Å². The van der Waals surface area contributed by atoms with E-state index in [1.165, 1.54) is 38.5 Å². The molecule has 1 aliphatic carbocycles. The standard InChI is InChI=1S/C27H28O15/c1-36-13-5-9(3-4-12(13)29)17(30)10-6-27(42-24(10)35)16-15(21-22(27)40-21)11(23(34)37-2)8-38-25(16)41-26-20(33)19(32)18(31)14(7-28)39-26/h3-6,8,14-16,18-22,25-26,28-29,31-33H,7H2,1-2H3/t14-,15-,16-,18+,19+,20-,21+,22+,25+,26+,27+/m1/s1. The predicted octanol–water partition coefficient (Wildman–Crippen LogP) is -1.95. The number of esters is 2. The summed E-state index contributed by atoms with van der Waals surface area (Å²) in [5.41, 5.74) is -1.95. The number of Topliss-reactive ketones (excluding diaryl/α,β-unsaturated/α-hetero) is 1. The van der Waals surface area contributed by atoms with E-state index < -0.39 is 91.0 Å². The van der Waals surface area contributed by atoms with E-state index in [1.54, 1.807) is 0 Å². The molecule has 6 rings (SSSR count). The van der Waals surface area contributed by atoms with Gasteiger partial charge < -0.3 is 58.7 Å². The first kappa shape index (κ1) is 28.5. The first-order valence-corrected chi connectivity index (χ1v) is 13.0. The van der Waals surface area contributed by atoms with Crippen molar-refractivity contribution in [2.24, 2.45) is 11.8 Å². The number of epoxide rings is 1. The van der Waals surface area contributed by atoms with Gasteiger partial charge in [0.2, 0.25) is 6.29 Å². The highest BCUT2D eigenvalue weighted by molar-refractivity contribution is 6.25. The number of rotatable bonds is 7. The number of ether oxygens (including phenoxy) is 7. The van der Waals surface area contributed by atoms with Crippen molar-refractivity contribution >= 4 is 17.7 Å². The number of aliphatic hydroxyl groups excluding tert-OH is 4. The number of phenols is 1. The number of phenolic OH excluding ortho intramolecular Hbond substituents is 1. The average molecular weight is 593 g/mol. The molecule has 42 heavy (non-hydrogen) atoms. The topological polar surface area (TPSA) is 220 Å². The SMILES string of the molecule is COC(=O)C1=CO[C@@H](O[C@@H]2O[C@H](CO)[C@H](O)[C@H](O)[C@H]2O)[C@H]2[C@@H]1[C@@H]1O[C@@H]1[C@]21C=C(C(=O)c2ccc(O)c(OC)c2)C(=O)O1. The van der Waals surface area contributed by atoms with Crippen molar-refractivity contribution in [3.8, 4) is 11.5 Å². The third-order valence-corrected chi connectivity index (χ3v) is 8.30. The van der Waals surface area contributed by atoms with Gasteiger partial charge in [-0.3, -0.25) is 4.79 Å². The third-order valence-electron chi connectivity index (χ3n) is 8.30. The second-order valence-electron chi connectivity index (χ2n) is 10.5. The smallest absolute Gasteiger partial charge is 0.342 e. The molecule has 0 bridgehead atoms. The molecule has 1 aromatic carbocycles. The maximum Gasteiger partial charge on any atom is 0.342 e. The van der Waals surface area contributed by atoms with Gasteiger partial charge in [0.25, 0.3) is 0 Å². The Labute approximate surface area is 237 Å². The third kappa shape index (κ3) is 4.19. The maximum absolute atomic E-state index is 13.4. The van der Waals surface area contributed by atoms with Crippen LogP contribution in [0.2, 0.25) is 0 Å². The lowest BCUT2D eigenvalue weighted by Gasteiger charge is -2.45. The van der Waals surface area contributed by atoms with Gasteiger partial charge in [-0.15, -0.1) is 0 Å². The van der Waals surface area contributed by atoms with E-state index in [0.717, 1.165) is 6.26 Å². The van der Waals surface area contributed by atoms with Crippen molar-refractivity contribution in [2.45, 2.75) is 54.8 Å². The zero-order valence-electron chi connectivity index (χ0n) is 22.2. The van der Waals surface area contributed by atoms with Gasteiger partial charge in [-0.2, -0.15) is 0 Å². The van der Waals surface area contributed by atoms with E-state index in [4.69, 9.17) is 33.2 Å². The largest absolute Gasteiger partial charge is 0.504 e. The number of carbonyl (C=O) groups excluding carboxylic acids is 3. The normalized spacial score (nSPS) is 39.8. The molecule has 0 amide bonds. The van der Waals surface area contributed by atoms with Crippen molar-refractivity contribution in [3.63, 3.8) is 0 Å². The van der Waals surface area contributed by atoms with E-state index in [-0.39, 0.29) is 28.2 Å². The van der Waals surface area contributed by atoms with Crippen molar-refractivity contribution < 1.29 is 73.1 Å². The Bertz CT molecular complexity index is 1370. The summed E-state index contributed by atoms with van der Waals surface area (Å²) < 4.78 is 38.7. The van der Waals surface area contributed by atoms with Crippen molar-refractivity contribution in [2.75, 3.05) is 20.8 Å². The maximum atomic E-state index is 13.4. The van der Waals surface area contributed by atoms with Crippen LogP contribution in [0, 0.1) is 11.8 Å². The lowest BCUT2D eigenvalue weighted by atomic mass is 9.78. The molecular formula is C27H28O15. The highest BCUT2D eigenvalue weighted by Gasteiger charge is 2.78. The van der Waals surface area contributed by atoms with Crippen LogP contribution in [-0.4, -0.2) is 119 Å². The fourth-order valence-corrected chi connectivity index (χ4v) is 6.19. The molecule has 1 saturated carbocycles. The van der Waals surface area contributed by atoms with Gasteiger partial charge in [-0.25, -0.2) is 9.59 Å². The monoisotopic (exact) mass is 592 g/mol. The lowest BCUT2D eigenvalue weighted by molar-refractivity contribution is -0.347. The van der Waals surface area contributed by atoms with Crippen molar-refractivity contribution in [3.05, 3.63) is 47.2 Å². The quantitative estimate of drug-likeness (QED) is 0.100. The van der Waals surface area contributed by atoms with Crippen LogP contribution in [0.4, 0.5) is 0 Å². The molecule has 4 aliphatic heterocycles. The molecule has 15 nitrogen and oxygen atoms in total. The summed E-state index contributed by atoms with van der Waals surface area (Å²) in [7, 11) is 2.47. The fraction of sp³-hybridized carbons (Fsp3) is 0.519. The molecule has 11 atom stereocenters. The van der Waals surface area contributed by atoms with Gasteiger partial charge in [-0.1, -0.05) is 0 Å². The summed E-state index contributed by atoms with van der Waals surface area (Å²) in [6, 6.07) is 3.80. The summed E-state index contributed by atoms with van der Waals surface area (Å²) in [6.07, 6.45) is -8.57. The second kappa shape index (κ2) is 10.3. The molecule has 1 aromatic rings. The van der Waals surface area contributed by atoms with E-state index >= 15 is 0 Å². The Balaban J connectivity index is 1.37. The number of carbonyl (C=O) groups is 3. The van der Waals surface area contributed by atoms with E-state index in [9.17, 15) is 39.9 Å². The zero-order chi connectivity index (χ0) is 30.1. The van der Waals surface area contributed by atoms with Crippen molar-refractivity contribution in [1.29, 1.82) is 0 Å². The number of fused-ring (bicyclic) bond motifs is 5. The number of hydrogen-bond donors (Lipinski definition) is 5. The number of hydrogen-bond acceptors (Lipinski definition) is 15. The Morgan fingerprint density at radius 1 is 1.05 bits per heavy atom. The van der Waals surface area contributed by atoms with Crippen LogP contribution in [0.5, 0.6) is 11.5 Å². The molecule has 0 aromatic heterocycles. The molecule has 15 heteroatoms. The van der Waals surface area contributed by atoms with Crippen LogP contribution in [0.15, 0.2) is 41.7 Å². The van der Waals surface area contributed by atoms with Crippen LogP contribution in [0.1, 0.15) is 10.4 Å². The molecule has 1 spiro atoms. The summed E-state index contributed by atoms with van der Waals surface area (Å²) in [4.78, 5) is 39.3. The first-order chi connectivity index (χ1) is 20.1. The Morgan fingerprint density at radius 2 is 1.81 bits per heavy atom. The highest BCUT2D eigenvalue weighted by atomic mass is 16.8. The average Bonchev–Trinajstić information content (AvgIpc) is 3.66. The van der Waals surface area contributed by atoms with Gasteiger partial charge in [0.05, 0.1) is 44.7 Å². The van der Waals surface area contributed by atoms with Crippen LogP contribution in [0.3, 0.4) is 0 Å². The number of aromatic hydroxyl groups is 1. The van der Waals surface area contributed by atoms with Gasteiger partial charge in [0.15, 0.2) is 29.2 Å². The summed E-state index contributed by atoms with van der Waals surface area (Å²) >= 11 is 0. The van der Waals surface area contributed by atoms with Gasteiger partial charge in [-0.05, 0) is 24.3 Å². The molecule has 3 fully saturated rings. The van der Waals surface area contributed by atoms with E-state index in [0.29, 0.717) is 0 Å². The van der Waals surface area contributed by atoms with E-state index in [1.807, 2.05) is 0 Å². The summed E-state index contributed by atoms with van der Waals surface area (Å²) in [5, 5.41) is 50.4. The summed E-state index contributed by atoms with van der Waals surface area (Å²) in [5.74, 6) is -4.53. The summed E-state index contributed by atoms with van der Waals surface area (Å²) in [6.45, 7) is -0.704. The van der Waals surface area contributed by atoms with Gasteiger partial charge >= 0.3 is 11.9 Å². The lowest BCUT2D eigenvalue weighted by Crippen LogP contribution is -2.61. The van der Waals surface area contributed by atoms with Crippen LogP contribution in [0.25, 0.3) is 0 Å². The minimum absolute atomic E-state index is 0.00980. The van der Waals surface area contributed by atoms with Crippen molar-refractivity contribution in [1.82, 2.24) is 0 Å². The van der Waals surface area contributed by atoms with E-state index in [2.05, 4.69) is 0 Å². The molecule has 5 aliphatic rings. The highest BCUT2D eigenvalue weighted by Crippen LogP contribution is 2.62. The number of aliphatic hydroxyl groups is 4. The Morgan fingerprint density at radius 3 is 2.50 bits per heavy atom. The molecule has 2 saturated heterocycles.